The number of alkyl halides is 1. The molecule has 0 radical (unpaired) electrons. The summed E-state index contributed by atoms with van der Waals surface area (Å²) in [6.07, 6.45) is 0.583. The molecule has 1 heterocycles. The number of halogens is 1. The molecule has 1 N–H and O–H groups in total. The minimum atomic E-state index is -3.44. The maximum absolute atomic E-state index is 11.8. The lowest BCUT2D eigenvalue weighted by Gasteiger charge is -2.17. The van der Waals surface area contributed by atoms with Crippen LogP contribution in [0.5, 0.6) is 0 Å². The summed E-state index contributed by atoms with van der Waals surface area (Å²) < 4.78 is 49.9. The fourth-order valence-corrected chi connectivity index (χ4v) is 4.30. The Kier molecular flexibility index (Phi) is 4.07. The largest absolute Gasteiger partial charge is 0.283 e. The van der Waals surface area contributed by atoms with Gasteiger partial charge >= 0.3 is 0 Å². The van der Waals surface area contributed by atoms with E-state index >= 15 is 0 Å². The molecule has 2 rings (SSSR count). The van der Waals surface area contributed by atoms with E-state index in [0.29, 0.717) is 24.3 Å². The molecule has 6 nitrogen and oxygen atoms in total. The van der Waals surface area contributed by atoms with Crippen LogP contribution in [0.3, 0.4) is 0 Å². The zero-order valence-electron chi connectivity index (χ0n) is 9.91. The molecule has 0 unspecified atom stereocenters. The van der Waals surface area contributed by atoms with Crippen LogP contribution in [0.4, 0.5) is 11.4 Å². The first-order chi connectivity index (χ1) is 8.84. The zero-order chi connectivity index (χ0) is 14.1. The number of anilines is 2. The molecular weight excluding hydrogens is 356 g/mol. The molecule has 0 spiro atoms. The highest BCUT2D eigenvalue weighted by Gasteiger charge is 2.28. The van der Waals surface area contributed by atoms with E-state index in [4.69, 9.17) is 0 Å². The maximum Gasteiger partial charge on any atom is 0.242 e. The average Bonchev–Trinajstić information content (AvgIpc) is 2.69. The van der Waals surface area contributed by atoms with Crippen LogP contribution in [0.2, 0.25) is 0 Å². The minimum Gasteiger partial charge on any atom is -0.283 e. The predicted molar refractivity (Wildman–Crippen MR) is 78.5 cm³/mol. The van der Waals surface area contributed by atoms with Crippen molar-refractivity contribution in [3.63, 3.8) is 0 Å². The van der Waals surface area contributed by atoms with Gasteiger partial charge < -0.3 is 0 Å². The molecule has 1 saturated heterocycles. The Morgan fingerprint density at radius 1 is 1.37 bits per heavy atom. The van der Waals surface area contributed by atoms with Crippen molar-refractivity contribution in [3.05, 3.63) is 24.3 Å². The Hall–Kier alpha value is -0.800. The van der Waals surface area contributed by atoms with Gasteiger partial charge in [-0.25, -0.2) is 16.8 Å². The SMILES string of the molecule is O=S(=O)(CBr)Nc1cccc(N2CCCS2(=O)=O)c1. The van der Waals surface area contributed by atoms with Gasteiger partial charge in [0.05, 0.1) is 17.1 Å². The van der Waals surface area contributed by atoms with E-state index in [2.05, 4.69) is 20.7 Å². The summed E-state index contributed by atoms with van der Waals surface area (Å²) in [5, 5.41) is 0. The van der Waals surface area contributed by atoms with Crippen LogP contribution in [0.25, 0.3) is 0 Å². The van der Waals surface area contributed by atoms with Crippen LogP contribution < -0.4 is 9.03 Å². The van der Waals surface area contributed by atoms with Crippen LogP contribution in [0.15, 0.2) is 24.3 Å². The summed E-state index contributed by atoms with van der Waals surface area (Å²) in [7, 11) is -6.70. The van der Waals surface area contributed by atoms with Crippen molar-refractivity contribution in [1.82, 2.24) is 0 Å². The molecule has 9 heteroatoms. The minimum absolute atomic E-state index is 0.129. The number of nitrogens with zero attached hydrogens (tertiary/aromatic N) is 1. The lowest BCUT2D eigenvalue weighted by Crippen LogP contribution is -2.25. The molecule has 19 heavy (non-hydrogen) atoms. The smallest absolute Gasteiger partial charge is 0.242 e. The van der Waals surface area contributed by atoms with Crippen LogP contribution in [-0.2, 0) is 20.0 Å². The first-order valence-corrected chi connectivity index (χ1v) is 9.89. The molecule has 0 aliphatic carbocycles. The topological polar surface area (TPSA) is 83.6 Å². The molecule has 1 aliphatic heterocycles. The molecule has 0 bridgehead atoms. The van der Waals surface area contributed by atoms with Crippen molar-refractivity contribution >= 4 is 47.4 Å². The highest BCUT2D eigenvalue weighted by Crippen LogP contribution is 2.26. The number of benzene rings is 1. The second-order valence-corrected chi connectivity index (χ2v) is 9.16. The average molecular weight is 369 g/mol. The summed E-state index contributed by atoms with van der Waals surface area (Å²) in [5.41, 5.74) is 0.825. The third-order valence-electron chi connectivity index (χ3n) is 2.65. The summed E-state index contributed by atoms with van der Waals surface area (Å²) >= 11 is 2.87. The highest BCUT2D eigenvalue weighted by molar-refractivity contribution is 9.10. The lowest BCUT2D eigenvalue weighted by molar-refractivity contribution is 0.599. The Balaban J connectivity index is 2.30. The van der Waals surface area contributed by atoms with Crippen molar-refractivity contribution in [2.24, 2.45) is 0 Å². The molecule has 1 aromatic rings. The van der Waals surface area contributed by atoms with Gasteiger partial charge in [0.1, 0.15) is 4.66 Å². The van der Waals surface area contributed by atoms with E-state index in [-0.39, 0.29) is 10.4 Å². The second kappa shape index (κ2) is 5.29. The summed E-state index contributed by atoms with van der Waals surface area (Å²) in [4.78, 5) is 0. The van der Waals surface area contributed by atoms with Crippen LogP contribution >= 0.6 is 15.9 Å². The van der Waals surface area contributed by atoms with Crippen LogP contribution in [0.1, 0.15) is 6.42 Å². The summed E-state index contributed by atoms with van der Waals surface area (Å²) in [5.74, 6) is 0.129. The van der Waals surface area contributed by atoms with Gasteiger partial charge in [-0.2, -0.15) is 0 Å². The normalized spacial score (nSPS) is 18.5. The number of hydrogen-bond donors (Lipinski definition) is 1. The first-order valence-electron chi connectivity index (χ1n) is 5.51. The van der Waals surface area contributed by atoms with Crippen LogP contribution in [0, 0.1) is 0 Å². The molecule has 106 valence electrons. The van der Waals surface area contributed by atoms with E-state index in [0.717, 1.165) is 0 Å². The van der Waals surface area contributed by atoms with E-state index < -0.39 is 20.0 Å². The number of hydrogen-bond acceptors (Lipinski definition) is 4. The Morgan fingerprint density at radius 2 is 2.11 bits per heavy atom. The van der Waals surface area contributed by atoms with E-state index in [1.165, 1.54) is 10.4 Å². The van der Waals surface area contributed by atoms with Crippen molar-refractivity contribution in [1.29, 1.82) is 0 Å². The third kappa shape index (κ3) is 3.40. The van der Waals surface area contributed by atoms with Gasteiger partial charge in [-0.3, -0.25) is 9.03 Å². The van der Waals surface area contributed by atoms with Gasteiger partial charge in [-0.1, -0.05) is 22.0 Å². The standard InChI is InChI=1S/C10H13BrN2O4S2/c11-8-18(14,15)12-9-3-1-4-10(7-9)13-5-2-6-19(13,16)17/h1,3-4,7,12H,2,5-6,8H2. The van der Waals surface area contributed by atoms with E-state index in [1.807, 2.05) is 0 Å². The first kappa shape index (κ1) is 14.6. The number of rotatable bonds is 4. The lowest BCUT2D eigenvalue weighted by atomic mass is 10.3. The van der Waals surface area contributed by atoms with Crippen molar-refractivity contribution in [2.45, 2.75) is 6.42 Å². The van der Waals surface area contributed by atoms with E-state index in [1.54, 1.807) is 18.2 Å². The Bertz CT molecular complexity index is 673. The third-order valence-corrected chi connectivity index (χ3v) is 7.16. The van der Waals surface area contributed by atoms with Gasteiger partial charge in [-0.15, -0.1) is 0 Å². The second-order valence-electron chi connectivity index (χ2n) is 4.12. The van der Waals surface area contributed by atoms with Crippen LogP contribution in [-0.4, -0.2) is 33.8 Å². The predicted octanol–water partition coefficient (Wildman–Crippen LogP) is 1.32. The molecule has 1 aliphatic rings. The molecule has 0 amide bonds. The molecule has 0 aromatic heterocycles. The number of sulfonamides is 2. The maximum atomic E-state index is 11.8. The molecule has 0 atom stereocenters. The fourth-order valence-electron chi connectivity index (χ4n) is 1.86. The zero-order valence-corrected chi connectivity index (χ0v) is 13.1. The quantitative estimate of drug-likeness (QED) is 0.812. The molecule has 1 fully saturated rings. The fraction of sp³-hybridized carbons (Fsp3) is 0.400. The van der Waals surface area contributed by atoms with Gasteiger partial charge in [-0.05, 0) is 24.6 Å². The monoisotopic (exact) mass is 368 g/mol. The molecular formula is C10H13BrN2O4S2. The Morgan fingerprint density at radius 3 is 2.68 bits per heavy atom. The van der Waals surface area contributed by atoms with Crippen molar-refractivity contribution in [3.8, 4) is 0 Å². The summed E-state index contributed by atoms with van der Waals surface area (Å²) in [6, 6.07) is 6.36. The van der Waals surface area contributed by atoms with Crippen molar-refractivity contribution < 1.29 is 16.8 Å². The van der Waals surface area contributed by atoms with Crippen molar-refractivity contribution in [2.75, 3.05) is 26.0 Å². The van der Waals surface area contributed by atoms with Gasteiger partial charge in [0.25, 0.3) is 0 Å². The van der Waals surface area contributed by atoms with Gasteiger partial charge in [0, 0.05) is 6.54 Å². The Labute approximate surface area is 121 Å². The number of nitrogens with one attached hydrogen (secondary N) is 1. The van der Waals surface area contributed by atoms with Gasteiger partial charge in [0.15, 0.2) is 0 Å². The molecule has 1 aromatic carbocycles. The van der Waals surface area contributed by atoms with E-state index in [9.17, 15) is 16.8 Å². The van der Waals surface area contributed by atoms with Gasteiger partial charge in [0.2, 0.25) is 20.0 Å². The highest BCUT2D eigenvalue weighted by atomic mass is 79.9. The summed E-state index contributed by atoms with van der Waals surface area (Å²) in [6.45, 7) is 0.428. The molecule has 0 saturated carbocycles.